The molecule has 0 atom stereocenters. The van der Waals surface area contributed by atoms with Crippen molar-refractivity contribution in [3.63, 3.8) is 0 Å². The second-order valence-corrected chi connectivity index (χ2v) is 4.70. The standard InChI is InChI=1S/C13H17ClO/c1-10(2)9-13(15)8-5-11-3-6-12(14)7-4-11/h3-4,6-7,10H,5,8-9H2,1-2H3. The van der Waals surface area contributed by atoms with E-state index in [2.05, 4.69) is 13.8 Å². The minimum atomic E-state index is 0.347. The minimum absolute atomic E-state index is 0.347. The summed E-state index contributed by atoms with van der Waals surface area (Å²) in [6, 6.07) is 7.68. The van der Waals surface area contributed by atoms with Gasteiger partial charge in [0.15, 0.2) is 0 Å². The summed E-state index contributed by atoms with van der Waals surface area (Å²) < 4.78 is 0. The van der Waals surface area contributed by atoms with Crippen molar-refractivity contribution < 1.29 is 4.79 Å². The van der Waals surface area contributed by atoms with E-state index in [-0.39, 0.29) is 0 Å². The van der Waals surface area contributed by atoms with E-state index in [0.29, 0.717) is 24.5 Å². The lowest BCUT2D eigenvalue weighted by Crippen LogP contribution is -2.04. The quantitative estimate of drug-likeness (QED) is 0.742. The van der Waals surface area contributed by atoms with Gasteiger partial charge in [0.05, 0.1) is 0 Å². The van der Waals surface area contributed by atoms with Gasteiger partial charge < -0.3 is 0 Å². The Kier molecular flexibility index (Phi) is 4.83. The lowest BCUT2D eigenvalue weighted by atomic mass is 10.0. The largest absolute Gasteiger partial charge is 0.300 e. The third-order valence-corrected chi connectivity index (χ3v) is 2.49. The SMILES string of the molecule is CC(C)CC(=O)CCc1ccc(Cl)cc1. The summed E-state index contributed by atoms with van der Waals surface area (Å²) in [6.07, 6.45) is 2.15. The van der Waals surface area contributed by atoms with Gasteiger partial charge in [0, 0.05) is 17.9 Å². The molecule has 0 saturated heterocycles. The molecule has 1 aromatic rings. The zero-order chi connectivity index (χ0) is 11.3. The fourth-order valence-corrected chi connectivity index (χ4v) is 1.62. The van der Waals surface area contributed by atoms with Crippen LogP contribution in [0.3, 0.4) is 0 Å². The van der Waals surface area contributed by atoms with Crippen molar-refractivity contribution in [2.24, 2.45) is 5.92 Å². The Morgan fingerprint density at radius 1 is 1.27 bits per heavy atom. The molecule has 0 radical (unpaired) electrons. The highest BCUT2D eigenvalue weighted by molar-refractivity contribution is 6.30. The molecular formula is C13H17ClO. The average molecular weight is 225 g/mol. The number of benzene rings is 1. The molecule has 0 N–H and O–H groups in total. The van der Waals surface area contributed by atoms with Crippen LogP contribution in [0.5, 0.6) is 0 Å². The van der Waals surface area contributed by atoms with Crippen molar-refractivity contribution in [1.82, 2.24) is 0 Å². The van der Waals surface area contributed by atoms with E-state index in [0.717, 1.165) is 11.4 Å². The third-order valence-electron chi connectivity index (χ3n) is 2.24. The predicted octanol–water partition coefficient (Wildman–Crippen LogP) is 3.89. The van der Waals surface area contributed by atoms with Gasteiger partial charge in [-0.3, -0.25) is 4.79 Å². The van der Waals surface area contributed by atoms with Gasteiger partial charge in [-0.15, -0.1) is 0 Å². The molecule has 0 aromatic heterocycles. The van der Waals surface area contributed by atoms with Crippen LogP contribution in [0.1, 0.15) is 32.3 Å². The summed E-state index contributed by atoms with van der Waals surface area (Å²) in [4.78, 5) is 11.5. The van der Waals surface area contributed by atoms with Crippen molar-refractivity contribution in [3.05, 3.63) is 34.9 Å². The van der Waals surface area contributed by atoms with E-state index in [1.54, 1.807) is 0 Å². The van der Waals surface area contributed by atoms with Gasteiger partial charge in [0.1, 0.15) is 5.78 Å². The highest BCUT2D eigenvalue weighted by Gasteiger charge is 2.05. The summed E-state index contributed by atoms with van der Waals surface area (Å²) >= 11 is 5.78. The first-order chi connectivity index (χ1) is 7.08. The molecule has 1 aromatic carbocycles. The van der Waals surface area contributed by atoms with E-state index < -0.39 is 0 Å². The molecule has 0 heterocycles. The van der Waals surface area contributed by atoms with Gasteiger partial charge in [-0.2, -0.15) is 0 Å². The number of hydrogen-bond donors (Lipinski definition) is 0. The predicted molar refractivity (Wildman–Crippen MR) is 64.2 cm³/mol. The lowest BCUT2D eigenvalue weighted by Gasteiger charge is -2.04. The highest BCUT2D eigenvalue weighted by atomic mass is 35.5. The number of ketones is 1. The topological polar surface area (TPSA) is 17.1 Å². The van der Waals surface area contributed by atoms with E-state index in [4.69, 9.17) is 11.6 Å². The molecule has 0 spiro atoms. The smallest absolute Gasteiger partial charge is 0.133 e. The molecule has 0 amide bonds. The average Bonchev–Trinajstić information content (AvgIpc) is 2.16. The van der Waals surface area contributed by atoms with Crippen LogP contribution >= 0.6 is 11.6 Å². The number of aryl methyl sites for hydroxylation is 1. The van der Waals surface area contributed by atoms with Gasteiger partial charge in [0.2, 0.25) is 0 Å². The molecule has 15 heavy (non-hydrogen) atoms. The summed E-state index contributed by atoms with van der Waals surface area (Å²) in [5, 5.41) is 0.743. The normalized spacial score (nSPS) is 10.7. The van der Waals surface area contributed by atoms with Crippen LogP contribution in [0, 0.1) is 5.92 Å². The van der Waals surface area contributed by atoms with Gasteiger partial charge in [-0.05, 0) is 30.0 Å². The van der Waals surface area contributed by atoms with Crippen molar-refractivity contribution in [1.29, 1.82) is 0 Å². The Bertz CT molecular complexity index is 314. The molecular weight excluding hydrogens is 208 g/mol. The second-order valence-electron chi connectivity index (χ2n) is 4.26. The fraction of sp³-hybridized carbons (Fsp3) is 0.462. The Balaban J connectivity index is 2.37. The van der Waals surface area contributed by atoms with Crippen LogP contribution in [0.4, 0.5) is 0 Å². The Morgan fingerprint density at radius 2 is 1.87 bits per heavy atom. The van der Waals surface area contributed by atoms with Crippen LogP contribution in [0.15, 0.2) is 24.3 Å². The first-order valence-corrected chi connectivity index (χ1v) is 5.72. The highest BCUT2D eigenvalue weighted by Crippen LogP contribution is 2.12. The van der Waals surface area contributed by atoms with E-state index >= 15 is 0 Å². The summed E-state index contributed by atoms with van der Waals surface area (Å²) in [5.74, 6) is 0.808. The van der Waals surface area contributed by atoms with E-state index in [9.17, 15) is 4.79 Å². The molecule has 1 nitrogen and oxygen atoms in total. The summed E-state index contributed by atoms with van der Waals surface area (Å²) in [7, 11) is 0. The minimum Gasteiger partial charge on any atom is -0.300 e. The maximum atomic E-state index is 11.5. The van der Waals surface area contributed by atoms with Crippen molar-refractivity contribution in [3.8, 4) is 0 Å². The fourth-order valence-electron chi connectivity index (χ4n) is 1.49. The van der Waals surface area contributed by atoms with Crippen LogP contribution in [0.2, 0.25) is 5.02 Å². The Hall–Kier alpha value is -0.820. The van der Waals surface area contributed by atoms with Gasteiger partial charge >= 0.3 is 0 Å². The molecule has 1 rings (SSSR count). The number of carbonyl (C=O) groups excluding carboxylic acids is 1. The maximum Gasteiger partial charge on any atom is 0.133 e. The Morgan fingerprint density at radius 3 is 2.40 bits per heavy atom. The Labute approximate surface area is 96.5 Å². The van der Waals surface area contributed by atoms with Gasteiger partial charge in [0.25, 0.3) is 0 Å². The zero-order valence-corrected chi connectivity index (χ0v) is 10.1. The first-order valence-electron chi connectivity index (χ1n) is 5.34. The third kappa shape index (κ3) is 4.98. The second kappa shape index (κ2) is 5.92. The van der Waals surface area contributed by atoms with Crippen molar-refractivity contribution >= 4 is 17.4 Å². The monoisotopic (exact) mass is 224 g/mol. The zero-order valence-electron chi connectivity index (χ0n) is 9.29. The first kappa shape index (κ1) is 12.3. The van der Waals surface area contributed by atoms with Crippen LogP contribution in [-0.2, 0) is 11.2 Å². The molecule has 2 heteroatoms. The molecule has 0 aliphatic carbocycles. The molecule has 0 saturated carbocycles. The number of Topliss-reactive ketones (excluding diaryl/α,β-unsaturated/α-hetero) is 1. The van der Waals surface area contributed by atoms with Crippen LogP contribution < -0.4 is 0 Å². The molecule has 82 valence electrons. The number of hydrogen-bond acceptors (Lipinski definition) is 1. The van der Waals surface area contributed by atoms with Crippen molar-refractivity contribution in [2.75, 3.05) is 0 Å². The van der Waals surface area contributed by atoms with Gasteiger partial charge in [-0.25, -0.2) is 0 Å². The molecule has 0 aliphatic rings. The number of carbonyl (C=O) groups is 1. The molecule has 0 unspecified atom stereocenters. The van der Waals surface area contributed by atoms with Crippen LogP contribution in [0.25, 0.3) is 0 Å². The number of halogens is 1. The maximum absolute atomic E-state index is 11.5. The van der Waals surface area contributed by atoms with E-state index in [1.807, 2.05) is 24.3 Å². The van der Waals surface area contributed by atoms with Crippen LogP contribution in [-0.4, -0.2) is 5.78 Å². The van der Waals surface area contributed by atoms with Crippen molar-refractivity contribution in [2.45, 2.75) is 33.1 Å². The van der Waals surface area contributed by atoms with Gasteiger partial charge in [-0.1, -0.05) is 37.6 Å². The summed E-state index contributed by atoms with van der Waals surface area (Å²) in [5.41, 5.74) is 1.18. The molecule has 0 bridgehead atoms. The van der Waals surface area contributed by atoms with E-state index in [1.165, 1.54) is 5.56 Å². The molecule has 0 fully saturated rings. The molecule has 0 aliphatic heterocycles. The number of rotatable bonds is 5. The lowest BCUT2D eigenvalue weighted by molar-refractivity contribution is -0.119. The summed E-state index contributed by atoms with van der Waals surface area (Å²) in [6.45, 7) is 4.14.